The van der Waals surface area contributed by atoms with Crippen LogP contribution in [0.3, 0.4) is 0 Å². The van der Waals surface area contributed by atoms with Crippen LogP contribution in [0.2, 0.25) is 0 Å². The molecule has 1 aliphatic rings. The zero-order valence-electron chi connectivity index (χ0n) is 15.1. The number of rotatable bonds is 6. The first-order valence-corrected chi connectivity index (χ1v) is 8.30. The Balaban J connectivity index is 2.21. The molecule has 1 fully saturated rings. The highest BCUT2D eigenvalue weighted by atomic mass is 16.5. The molecular weight excluding hydrogens is 326 g/mol. The van der Waals surface area contributed by atoms with Gasteiger partial charge >= 0.3 is 5.97 Å². The highest BCUT2D eigenvalue weighted by Gasteiger charge is 2.34. The summed E-state index contributed by atoms with van der Waals surface area (Å²) >= 11 is 0. The summed E-state index contributed by atoms with van der Waals surface area (Å²) in [6.07, 6.45) is -0.0442. The van der Waals surface area contributed by atoms with E-state index in [1.807, 2.05) is 27.7 Å². The van der Waals surface area contributed by atoms with Crippen LogP contribution in [-0.2, 0) is 9.53 Å². The van der Waals surface area contributed by atoms with E-state index in [4.69, 9.17) is 19.3 Å². The number of carboxylic acid groups (broad SMARTS) is 1. The predicted molar refractivity (Wildman–Crippen MR) is 91.3 cm³/mol. The molecule has 0 radical (unpaired) electrons. The Kier molecular flexibility index (Phi) is 5.89. The average molecular weight is 351 g/mol. The maximum atomic E-state index is 12.8. The standard InChI is InChI=1S/C18H25NO6/c1-5-23-15-8-13(6-7-14(15)24-10-16(20)21)17(22)19-9-12(2)25-18(3,4)11-19/h6-8,12H,5,9-11H2,1-4H3,(H,20,21). The number of amides is 1. The summed E-state index contributed by atoms with van der Waals surface area (Å²) in [7, 11) is 0. The van der Waals surface area contributed by atoms with E-state index in [9.17, 15) is 9.59 Å². The number of benzene rings is 1. The molecule has 1 atom stereocenters. The molecule has 0 spiro atoms. The fraction of sp³-hybridized carbons (Fsp3) is 0.556. The molecule has 1 amide bonds. The minimum atomic E-state index is -1.08. The van der Waals surface area contributed by atoms with Crippen LogP contribution in [-0.4, -0.2) is 59.9 Å². The number of aliphatic carboxylic acids is 1. The van der Waals surface area contributed by atoms with E-state index in [-0.39, 0.29) is 12.0 Å². The predicted octanol–water partition coefficient (Wildman–Crippen LogP) is 2.19. The summed E-state index contributed by atoms with van der Waals surface area (Å²) in [4.78, 5) is 25.3. The first kappa shape index (κ1) is 19.1. The van der Waals surface area contributed by atoms with Crippen LogP contribution in [0.1, 0.15) is 38.1 Å². The topological polar surface area (TPSA) is 85.3 Å². The molecule has 1 heterocycles. The third kappa shape index (κ3) is 5.09. The first-order chi connectivity index (χ1) is 11.7. The van der Waals surface area contributed by atoms with Crippen LogP contribution < -0.4 is 9.47 Å². The van der Waals surface area contributed by atoms with Crippen LogP contribution in [0.4, 0.5) is 0 Å². The van der Waals surface area contributed by atoms with E-state index in [1.165, 1.54) is 0 Å². The Hall–Kier alpha value is -2.28. The van der Waals surface area contributed by atoms with Crippen molar-refractivity contribution in [2.45, 2.75) is 39.4 Å². The van der Waals surface area contributed by atoms with E-state index in [1.54, 1.807) is 23.1 Å². The van der Waals surface area contributed by atoms with E-state index >= 15 is 0 Å². The van der Waals surface area contributed by atoms with Crippen LogP contribution in [0.15, 0.2) is 18.2 Å². The molecule has 25 heavy (non-hydrogen) atoms. The summed E-state index contributed by atoms with van der Waals surface area (Å²) < 4.78 is 16.5. The molecule has 7 nitrogen and oxygen atoms in total. The lowest BCUT2D eigenvalue weighted by atomic mass is 10.0. The van der Waals surface area contributed by atoms with Gasteiger partial charge in [0, 0.05) is 18.7 Å². The second kappa shape index (κ2) is 7.74. The Morgan fingerprint density at radius 2 is 2.04 bits per heavy atom. The molecule has 1 N–H and O–H groups in total. The second-order valence-electron chi connectivity index (χ2n) is 6.65. The van der Waals surface area contributed by atoms with Gasteiger partial charge in [-0.2, -0.15) is 0 Å². The average Bonchev–Trinajstić information content (AvgIpc) is 2.51. The summed E-state index contributed by atoms with van der Waals surface area (Å²) in [5.41, 5.74) is 0.0664. The number of morpholine rings is 1. The number of carbonyl (C=O) groups is 2. The molecule has 0 aromatic heterocycles. The van der Waals surface area contributed by atoms with Gasteiger partial charge in [-0.1, -0.05) is 0 Å². The number of hydrogen-bond donors (Lipinski definition) is 1. The van der Waals surface area contributed by atoms with Gasteiger partial charge in [0.2, 0.25) is 0 Å². The quantitative estimate of drug-likeness (QED) is 0.846. The fourth-order valence-electron chi connectivity index (χ4n) is 2.96. The van der Waals surface area contributed by atoms with E-state index in [0.717, 1.165) is 0 Å². The maximum absolute atomic E-state index is 12.8. The van der Waals surface area contributed by atoms with Gasteiger partial charge < -0.3 is 24.2 Å². The molecule has 7 heteroatoms. The molecule has 138 valence electrons. The fourth-order valence-corrected chi connectivity index (χ4v) is 2.96. The highest BCUT2D eigenvalue weighted by molar-refractivity contribution is 5.95. The summed E-state index contributed by atoms with van der Waals surface area (Å²) in [6, 6.07) is 4.78. The summed E-state index contributed by atoms with van der Waals surface area (Å²) in [6.45, 7) is 8.58. The van der Waals surface area contributed by atoms with Crippen molar-refractivity contribution < 1.29 is 28.9 Å². The van der Waals surface area contributed by atoms with Crippen molar-refractivity contribution in [3.05, 3.63) is 23.8 Å². The summed E-state index contributed by atoms with van der Waals surface area (Å²) in [5.74, 6) is -0.534. The van der Waals surface area contributed by atoms with Crippen LogP contribution >= 0.6 is 0 Å². The Morgan fingerprint density at radius 3 is 2.64 bits per heavy atom. The lowest BCUT2D eigenvalue weighted by Gasteiger charge is -2.41. The molecule has 1 aromatic carbocycles. The lowest BCUT2D eigenvalue weighted by molar-refractivity contribution is -0.139. The van der Waals surface area contributed by atoms with Crippen molar-refractivity contribution in [2.75, 3.05) is 26.3 Å². The molecule has 1 unspecified atom stereocenters. The summed E-state index contributed by atoms with van der Waals surface area (Å²) in [5, 5.41) is 8.74. The Labute approximate surface area is 147 Å². The minimum absolute atomic E-state index is 0.0442. The van der Waals surface area contributed by atoms with Crippen molar-refractivity contribution >= 4 is 11.9 Å². The monoisotopic (exact) mass is 351 g/mol. The number of carboxylic acids is 1. The number of carbonyl (C=O) groups excluding carboxylic acids is 1. The van der Waals surface area contributed by atoms with Gasteiger partial charge in [0.05, 0.1) is 18.3 Å². The van der Waals surface area contributed by atoms with Gasteiger partial charge in [0.25, 0.3) is 5.91 Å². The van der Waals surface area contributed by atoms with Crippen molar-refractivity contribution in [1.82, 2.24) is 4.90 Å². The zero-order chi connectivity index (χ0) is 18.6. The molecule has 2 rings (SSSR count). The molecule has 0 bridgehead atoms. The SMILES string of the molecule is CCOc1cc(C(=O)N2CC(C)OC(C)(C)C2)ccc1OCC(=O)O. The maximum Gasteiger partial charge on any atom is 0.341 e. The van der Waals surface area contributed by atoms with Crippen LogP contribution in [0, 0.1) is 0 Å². The Morgan fingerprint density at radius 1 is 1.32 bits per heavy atom. The lowest BCUT2D eigenvalue weighted by Crippen LogP contribution is -2.53. The van der Waals surface area contributed by atoms with E-state index < -0.39 is 18.2 Å². The number of hydrogen-bond acceptors (Lipinski definition) is 5. The van der Waals surface area contributed by atoms with Gasteiger partial charge in [0.15, 0.2) is 18.1 Å². The van der Waals surface area contributed by atoms with Crippen molar-refractivity contribution in [1.29, 1.82) is 0 Å². The Bertz CT molecular complexity index is 642. The molecular formula is C18H25NO6. The smallest absolute Gasteiger partial charge is 0.341 e. The van der Waals surface area contributed by atoms with Crippen molar-refractivity contribution in [2.24, 2.45) is 0 Å². The second-order valence-corrected chi connectivity index (χ2v) is 6.65. The third-order valence-corrected chi connectivity index (χ3v) is 3.70. The first-order valence-electron chi connectivity index (χ1n) is 8.30. The van der Waals surface area contributed by atoms with Crippen LogP contribution in [0.25, 0.3) is 0 Å². The van der Waals surface area contributed by atoms with Gasteiger partial charge in [-0.3, -0.25) is 4.79 Å². The van der Waals surface area contributed by atoms with Crippen molar-refractivity contribution in [3.63, 3.8) is 0 Å². The molecule has 1 aromatic rings. The third-order valence-electron chi connectivity index (χ3n) is 3.70. The van der Waals surface area contributed by atoms with Gasteiger partial charge in [-0.25, -0.2) is 4.79 Å². The van der Waals surface area contributed by atoms with Gasteiger partial charge in [-0.05, 0) is 45.9 Å². The van der Waals surface area contributed by atoms with Crippen LogP contribution in [0.5, 0.6) is 11.5 Å². The van der Waals surface area contributed by atoms with Gasteiger partial charge in [-0.15, -0.1) is 0 Å². The minimum Gasteiger partial charge on any atom is -0.490 e. The van der Waals surface area contributed by atoms with Crippen molar-refractivity contribution in [3.8, 4) is 11.5 Å². The highest BCUT2D eigenvalue weighted by Crippen LogP contribution is 2.30. The largest absolute Gasteiger partial charge is 0.490 e. The number of nitrogens with zero attached hydrogens (tertiary/aromatic N) is 1. The van der Waals surface area contributed by atoms with Gasteiger partial charge in [0.1, 0.15) is 0 Å². The molecule has 0 saturated carbocycles. The zero-order valence-corrected chi connectivity index (χ0v) is 15.1. The van der Waals surface area contributed by atoms with E-state index in [0.29, 0.717) is 36.8 Å². The molecule has 1 aliphatic heterocycles. The molecule has 0 aliphatic carbocycles. The molecule has 1 saturated heterocycles. The normalized spacial score (nSPS) is 19.4. The van der Waals surface area contributed by atoms with E-state index in [2.05, 4.69) is 0 Å². The number of ether oxygens (including phenoxy) is 3.